The second-order valence-corrected chi connectivity index (χ2v) is 4.12. The average Bonchev–Trinajstić information content (AvgIpc) is 2.72. The standard InChI is InChI=1S/C14H9N3/c1-2-10-7-17-12-4-6-16-14(13(10)12)11-8-15-5-3-9(1)11/h1-8,16H. The van der Waals surface area contributed by atoms with Crippen LogP contribution >= 0.6 is 0 Å². The van der Waals surface area contributed by atoms with E-state index in [1.54, 1.807) is 0 Å². The van der Waals surface area contributed by atoms with Crippen LogP contribution in [0.3, 0.4) is 0 Å². The summed E-state index contributed by atoms with van der Waals surface area (Å²) < 4.78 is 0. The first-order valence-electron chi connectivity index (χ1n) is 5.52. The van der Waals surface area contributed by atoms with Gasteiger partial charge >= 0.3 is 0 Å². The third-order valence-corrected chi connectivity index (χ3v) is 3.17. The van der Waals surface area contributed by atoms with Crippen LogP contribution in [0.2, 0.25) is 0 Å². The number of fused-ring (bicyclic) bond motifs is 2. The Hall–Kier alpha value is -2.42. The van der Waals surface area contributed by atoms with Gasteiger partial charge in [-0.25, -0.2) is 0 Å². The molecule has 0 unspecified atom stereocenters. The molecule has 0 saturated heterocycles. The highest BCUT2D eigenvalue weighted by molar-refractivity contribution is 6.16. The Morgan fingerprint density at radius 3 is 2.88 bits per heavy atom. The van der Waals surface area contributed by atoms with Crippen LogP contribution in [0.5, 0.6) is 0 Å². The molecular formula is C14H9N3. The Kier molecular flexibility index (Phi) is 1.56. The summed E-state index contributed by atoms with van der Waals surface area (Å²) in [5, 5.41) is 4.64. The van der Waals surface area contributed by atoms with Gasteiger partial charge in [-0.15, -0.1) is 0 Å². The molecule has 1 N–H and O–H groups in total. The van der Waals surface area contributed by atoms with Gasteiger partial charge in [0.15, 0.2) is 0 Å². The minimum Gasteiger partial charge on any atom is -0.360 e. The number of aromatic amines is 1. The molecule has 0 aliphatic carbocycles. The normalized spacial score (nSPS) is 11.5. The van der Waals surface area contributed by atoms with Gasteiger partial charge in [-0.1, -0.05) is 12.1 Å². The molecule has 0 bridgehead atoms. The summed E-state index contributed by atoms with van der Waals surface area (Å²) >= 11 is 0. The van der Waals surface area contributed by atoms with Gasteiger partial charge in [0.25, 0.3) is 0 Å². The minimum absolute atomic E-state index is 1.02. The maximum Gasteiger partial charge on any atom is 0.0744 e. The van der Waals surface area contributed by atoms with Crippen molar-refractivity contribution in [2.24, 2.45) is 0 Å². The molecule has 0 fully saturated rings. The molecule has 4 rings (SSSR count). The molecule has 0 amide bonds. The molecule has 0 aliphatic rings. The van der Waals surface area contributed by atoms with E-state index < -0.39 is 0 Å². The molecular weight excluding hydrogens is 210 g/mol. The summed E-state index contributed by atoms with van der Waals surface area (Å²) in [5.41, 5.74) is 2.12. The number of rotatable bonds is 0. The number of hydrogen-bond donors (Lipinski definition) is 1. The highest BCUT2D eigenvalue weighted by atomic mass is 14.7. The molecule has 3 heteroatoms. The largest absolute Gasteiger partial charge is 0.360 e. The van der Waals surface area contributed by atoms with Gasteiger partial charge in [0.2, 0.25) is 0 Å². The highest BCUT2D eigenvalue weighted by Gasteiger charge is 2.06. The Balaban J connectivity index is 2.47. The maximum atomic E-state index is 4.41. The molecule has 3 nitrogen and oxygen atoms in total. The van der Waals surface area contributed by atoms with E-state index in [9.17, 15) is 0 Å². The SMILES string of the molecule is c1cc2ccc3cnc4cc[nH]c(c2cn1)c34. The van der Waals surface area contributed by atoms with Gasteiger partial charge in [0, 0.05) is 40.9 Å². The quantitative estimate of drug-likeness (QED) is 0.493. The summed E-state index contributed by atoms with van der Waals surface area (Å²) in [6.07, 6.45) is 7.55. The Morgan fingerprint density at radius 2 is 1.88 bits per heavy atom. The maximum absolute atomic E-state index is 4.41. The Morgan fingerprint density at radius 1 is 0.941 bits per heavy atom. The van der Waals surface area contributed by atoms with Gasteiger partial charge in [0.05, 0.1) is 11.0 Å². The predicted octanol–water partition coefficient (Wildman–Crippen LogP) is 3.26. The lowest BCUT2D eigenvalue weighted by atomic mass is 10.2. The topological polar surface area (TPSA) is 41.6 Å². The molecule has 3 aromatic heterocycles. The van der Waals surface area contributed by atoms with Crippen molar-refractivity contribution in [3.8, 4) is 0 Å². The summed E-state index contributed by atoms with van der Waals surface area (Å²) in [6.45, 7) is 0. The summed E-state index contributed by atoms with van der Waals surface area (Å²) in [7, 11) is 0. The van der Waals surface area contributed by atoms with E-state index in [1.807, 2.05) is 36.9 Å². The van der Waals surface area contributed by atoms with E-state index in [4.69, 9.17) is 0 Å². The van der Waals surface area contributed by atoms with E-state index in [1.165, 1.54) is 10.8 Å². The second kappa shape index (κ2) is 3.04. The molecule has 0 atom stereocenters. The predicted molar refractivity (Wildman–Crippen MR) is 68.9 cm³/mol. The third-order valence-electron chi connectivity index (χ3n) is 3.17. The molecule has 3 heterocycles. The lowest BCUT2D eigenvalue weighted by molar-refractivity contribution is 1.36. The van der Waals surface area contributed by atoms with Crippen molar-refractivity contribution >= 4 is 32.6 Å². The number of aromatic nitrogens is 3. The van der Waals surface area contributed by atoms with Gasteiger partial charge in [-0.2, -0.15) is 0 Å². The second-order valence-electron chi connectivity index (χ2n) is 4.12. The zero-order valence-corrected chi connectivity index (χ0v) is 9.01. The number of pyridine rings is 2. The van der Waals surface area contributed by atoms with E-state index in [-0.39, 0.29) is 0 Å². The van der Waals surface area contributed by atoms with Crippen LogP contribution in [0.15, 0.2) is 49.1 Å². The molecule has 1 aromatic carbocycles. The van der Waals surface area contributed by atoms with Crippen molar-refractivity contribution < 1.29 is 0 Å². The van der Waals surface area contributed by atoms with Crippen LogP contribution in [-0.2, 0) is 0 Å². The van der Waals surface area contributed by atoms with Crippen LogP contribution in [0, 0.1) is 0 Å². The van der Waals surface area contributed by atoms with E-state index in [0.717, 1.165) is 21.8 Å². The first-order chi connectivity index (χ1) is 8.43. The summed E-state index contributed by atoms with van der Waals surface area (Å²) in [5.74, 6) is 0. The molecule has 4 aromatic rings. The molecule has 0 spiro atoms. The number of nitrogens with one attached hydrogen (secondary N) is 1. The molecule has 17 heavy (non-hydrogen) atoms. The van der Waals surface area contributed by atoms with Crippen LogP contribution in [0.4, 0.5) is 0 Å². The van der Waals surface area contributed by atoms with Gasteiger partial charge in [-0.3, -0.25) is 9.97 Å². The van der Waals surface area contributed by atoms with Crippen LogP contribution in [0.1, 0.15) is 0 Å². The van der Waals surface area contributed by atoms with E-state index in [0.29, 0.717) is 0 Å². The van der Waals surface area contributed by atoms with Crippen molar-refractivity contribution in [1.29, 1.82) is 0 Å². The zero-order chi connectivity index (χ0) is 11.2. The fourth-order valence-electron chi connectivity index (χ4n) is 2.37. The molecule has 0 radical (unpaired) electrons. The van der Waals surface area contributed by atoms with Crippen molar-refractivity contribution in [2.45, 2.75) is 0 Å². The average molecular weight is 219 g/mol. The van der Waals surface area contributed by atoms with E-state index in [2.05, 4.69) is 27.1 Å². The molecule has 0 aliphatic heterocycles. The lowest BCUT2D eigenvalue weighted by Gasteiger charge is -1.97. The monoisotopic (exact) mass is 219 g/mol. The molecule has 0 saturated carbocycles. The zero-order valence-electron chi connectivity index (χ0n) is 9.01. The van der Waals surface area contributed by atoms with Crippen LogP contribution in [0.25, 0.3) is 32.6 Å². The van der Waals surface area contributed by atoms with Gasteiger partial charge in [-0.05, 0) is 17.5 Å². The fraction of sp³-hybridized carbons (Fsp3) is 0. The number of hydrogen-bond acceptors (Lipinski definition) is 2. The minimum atomic E-state index is 1.02. The first-order valence-corrected chi connectivity index (χ1v) is 5.52. The van der Waals surface area contributed by atoms with Crippen molar-refractivity contribution in [2.75, 3.05) is 0 Å². The molecule has 80 valence electrons. The highest BCUT2D eigenvalue weighted by Crippen LogP contribution is 2.28. The summed E-state index contributed by atoms with van der Waals surface area (Å²) in [6, 6.07) is 8.25. The summed E-state index contributed by atoms with van der Waals surface area (Å²) in [4.78, 5) is 11.9. The number of H-pyrrole nitrogens is 1. The Labute approximate surface area is 97.1 Å². The Bertz CT molecular complexity index is 840. The fourth-order valence-corrected chi connectivity index (χ4v) is 2.37. The van der Waals surface area contributed by atoms with Crippen LogP contribution < -0.4 is 0 Å². The third kappa shape index (κ3) is 1.11. The first kappa shape index (κ1) is 8.70. The van der Waals surface area contributed by atoms with Crippen molar-refractivity contribution in [3.63, 3.8) is 0 Å². The van der Waals surface area contributed by atoms with Gasteiger partial charge < -0.3 is 4.98 Å². The smallest absolute Gasteiger partial charge is 0.0744 e. The van der Waals surface area contributed by atoms with Crippen molar-refractivity contribution in [3.05, 3.63) is 49.1 Å². The van der Waals surface area contributed by atoms with Gasteiger partial charge in [0.1, 0.15) is 0 Å². The lowest BCUT2D eigenvalue weighted by Crippen LogP contribution is -1.78. The van der Waals surface area contributed by atoms with Crippen LogP contribution in [-0.4, -0.2) is 15.0 Å². The number of nitrogens with zero attached hydrogens (tertiary/aromatic N) is 2. The van der Waals surface area contributed by atoms with E-state index >= 15 is 0 Å². The van der Waals surface area contributed by atoms with Crippen molar-refractivity contribution in [1.82, 2.24) is 15.0 Å².